The maximum Gasteiger partial charge on any atom is 0.264 e. The molecular weight excluding hydrogens is 298 g/mol. The third-order valence-corrected chi connectivity index (χ3v) is 2.53. The van der Waals surface area contributed by atoms with E-state index < -0.39 is 0 Å². The number of amides is 1. The van der Waals surface area contributed by atoms with Crippen molar-refractivity contribution in [1.82, 2.24) is 9.97 Å². The minimum atomic E-state index is -0.302. The number of nitrogens with zero attached hydrogens (tertiary/aromatic N) is 2. The van der Waals surface area contributed by atoms with Crippen molar-refractivity contribution in [3.05, 3.63) is 47.2 Å². The molecule has 0 spiro atoms. The zero-order chi connectivity index (χ0) is 12.8. The molecular formula is C12H10BrN3O2. The van der Waals surface area contributed by atoms with E-state index in [0.717, 1.165) is 4.47 Å². The van der Waals surface area contributed by atoms with Gasteiger partial charge in [0.15, 0.2) is 6.61 Å². The van der Waals surface area contributed by atoms with Crippen LogP contribution in [0.1, 0.15) is 0 Å². The second-order valence-corrected chi connectivity index (χ2v) is 4.28. The number of ether oxygens (including phenoxy) is 1. The monoisotopic (exact) mass is 307 g/mol. The molecule has 0 atom stereocenters. The molecule has 1 aromatic heterocycles. The van der Waals surface area contributed by atoms with Crippen LogP contribution in [0.15, 0.2) is 47.2 Å². The van der Waals surface area contributed by atoms with E-state index in [0.29, 0.717) is 5.75 Å². The summed E-state index contributed by atoms with van der Waals surface area (Å²) in [5.74, 6) is 0.591. The van der Waals surface area contributed by atoms with Gasteiger partial charge in [0.2, 0.25) is 5.95 Å². The minimum Gasteiger partial charge on any atom is -0.484 e. The highest BCUT2D eigenvalue weighted by Crippen LogP contribution is 2.15. The molecule has 1 aromatic carbocycles. The zero-order valence-corrected chi connectivity index (χ0v) is 10.9. The van der Waals surface area contributed by atoms with Gasteiger partial charge in [0, 0.05) is 16.9 Å². The third kappa shape index (κ3) is 3.81. The molecule has 92 valence electrons. The SMILES string of the molecule is O=C(COc1ccc(Br)cc1)Nc1ncccn1. The topological polar surface area (TPSA) is 64.1 Å². The van der Waals surface area contributed by atoms with Crippen molar-refractivity contribution in [2.75, 3.05) is 11.9 Å². The lowest BCUT2D eigenvalue weighted by Crippen LogP contribution is -2.21. The number of rotatable bonds is 4. The van der Waals surface area contributed by atoms with Crippen LogP contribution in [-0.2, 0) is 4.79 Å². The Morgan fingerprint density at radius 1 is 1.22 bits per heavy atom. The molecule has 0 aliphatic rings. The Labute approximate surface area is 112 Å². The summed E-state index contributed by atoms with van der Waals surface area (Å²) in [6.07, 6.45) is 3.11. The summed E-state index contributed by atoms with van der Waals surface area (Å²) in [6.45, 7) is -0.0834. The lowest BCUT2D eigenvalue weighted by molar-refractivity contribution is -0.118. The van der Waals surface area contributed by atoms with Crippen LogP contribution in [0.2, 0.25) is 0 Å². The fraction of sp³-hybridized carbons (Fsp3) is 0.0833. The van der Waals surface area contributed by atoms with Gasteiger partial charge in [-0.3, -0.25) is 10.1 Å². The van der Waals surface area contributed by atoms with Crippen LogP contribution in [0.4, 0.5) is 5.95 Å². The minimum absolute atomic E-state index is 0.0834. The number of halogens is 1. The van der Waals surface area contributed by atoms with Gasteiger partial charge < -0.3 is 4.74 Å². The van der Waals surface area contributed by atoms with Crippen molar-refractivity contribution in [3.63, 3.8) is 0 Å². The fourth-order valence-electron chi connectivity index (χ4n) is 1.20. The third-order valence-electron chi connectivity index (χ3n) is 2.00. The first kappa shape index (κ1) is 12.5. The van der Waals surface area contributed by atoms with E-state index >= 15 is 0 Å². The van der Waals surface area contributed by atoms with Gasteiger partial charge in [0.05, 0.1) is 0 Å². The van der Waals surface area contributed by atoms with E-state index in [1.807, 2.05) is 12.1 Å². The predicted octanol–water partition coefficient (Wildman–Crippen LogP) is 2.26. The van der Waals surface area contributed by atoms with Gasteiger partial charge in [-0.15, -0.1) is 0 Å². The second kappa shape index (κ2) is 6.11. The van der Waals surface area contributed by atoms with Gasteiger partial charge in [-0.2, -0.15) is 0 Å². The van der Waals surface area contributed by atoms with Crippen LogP contribution in [0, 0.1) is 0 Å². The highest BCUT2D eigenvalue weighted by Gasteiger charge is 2.04. The molecule has 0 aliphatic carbocycles. The molecule has 0 saturated carbocycles. The van der Waals surface area contributed by atoms with Crippen LogP contribution in [-0.4, -0.2) is 22.5 Å². The van der Waals surface area contributed by atoms with E-state index in [1.54, 1.807) is 30.6 Å². The first-order chi connectivity index (χ1) is 8.74. The van der Waals surface area contributed by atoms with Gasteiger partial charge >= 0.3 is 0 Å². The molecule has 6 heteroatoms. The average molecular weight is 308 g/mol. The summed E-state index contributed by atoms with van der Waals surface area (Å²) in [5.41, 5.74) is 0. The Balaban J connectivity index is 1.83. The van der Waals surface area contributed by atoms with Crippen molar-refractivity contribution in [2.45, 2.75) is 0 Å². The Morgan fingerprint density at radius 3 is 2.56 bits per heavy atom. The highest BCUT2D eigenvalue weighted by molar-refractivity contribution is 9.10. The first-order valence-electron chi connectivity index (χ1n) is 5.19. The average Bonchev–Trinajstić information content (AvgIpc) is 2.39. The van der Waals surface area contributed by atoms with E-state index in [-0.39, 0.29) is 18.5 Å². The predicted molar refractivity (Wildman–Crippen MR) is 70.3 cm³/mol. The quantitative estimate of drug-likeness (QED) is 0.941. The summed E-state index contributed by atoms with van der Waals surface area (Å²) in [7, 11) is 0. The summed E-state index contributed by atoms with van der Waals surface area (Å²) in [6, 6.07) is 8.90. The Hall–Kier alpha value is -1.95. The smallest absolute Gasteiger partial charge is 0.264 e. The van der Waals surface area contributed by atoms with E-state index in [4.69, 9.17) is 4.74 Å². The molecule has 5 nitrogen and oxygen atoms in total. The molecule has 2 rings (SSSR count). The number of nitrogens with one attached hydrogen (secondary N) is 1. The van der Waals surface area contributed by atoms with Gasteiger partial charge in [-0.05, 0) is 30.3 Å². The lowest BCUT2D eigenvalue weighted by atomic mass is 10.3. The molecule has 2 aromatic rings. The normalized spacial score (nSPS) is 9.83. The van der Waals surface area contributed by atoms with Crippen LogP contribution in [0.25, 0.3) is 0 Å². The Morgan fingerprint density at radius 2 is 1.89 bits per heavy atom. The number of hydrogen-bond acceptors (Lipinski definition) is 4. The number of hydrogen-bond donors (Lipinski definition) is 1. The van der Waals surface area contributed by atoms with Gasteiger partial charge in [-0.25, -0.2) is 9.97 Å². The number of benzene rings is 1. The van der Waals surface area contributed by atoms with Gasteiger partial charge in [-0.1, -0.05) is 15.9 Å². The zero-order valence-electron chi connectivity index (χ0n) is 9.34. The van der Waals surface area contributed by atoms with Crippen molar-refractivity contribution < 1.29 is 9.53 Å². The number of carbonyl (C=O) groups excluding carboxylic acids is 1. The van der Waals surface area contributed by atoms with E-state index in [1.165, 1.54) is 0 Å². The van der Waals surface area contributed by atoms with E-state index in [2.05, 4.69) is 31.2 Å². The van der Waals surface area contributed by atoms with Gasteiger partial charge in [0.25, 0.3) is 5.91 Å². The summed E-state index contributed by atoms with van der Waals surface area (Å²) < 4.78 is 6.26. The largest absolute Gasteiger partial charge is 0.484 e. The standard InChI is InChI=1S/C12H10BrN3O2/c13-9-2-4-10(5-3-9)18-8-11(17)16-12-14-6-1-7-15-12/h1-7H,8H2,(H,14,15,16,17). The molecule has 1 N–H and O–H groups in total. The number of anilines is 1. The van der Waals surface area contributed by atoms with Crippen molar-refractivity contribution in [1.29, 1.82) is 0 Å². The molecule has 0 radical (unpaired) electrons. The van der Waals surface area contributed by atoms with Crippen LogP contribution in [0.5, 0.6) is 5.75 Å². The molecule has 1 heterocycles. The van der Waals surface area contributed by atoms with Gasteiger partial charge in [0.1, 0.15) is 5.75 Å². The van der Waals surface area contributed by atoms with Crippen LogP contribution >= 0.6 is 15.9 Å². The maximum absolute atomic E-state index is 11.5. The van der Waals surface area contributed by atoms with Crippen LogP contribution < -0.4 is 10.1 Å². The highest BCUT2D eigenvalue weighted by atomic mass is 79.9. The summed E-state index contributed by atoms with van der Waals surface area (Å²) in [4.78, 5) is 19.3. The fourth-order valence-corrected chi connectivity index (χ4v) is 1.47. The lowest BCUT2D eigenvalue weighted by Gasteiger charge is -2.06. The number of carbonyl (C=O) groups is 1. The van der Waals surface area contributed by atoms with E-state index in [9.17, 15) is 4.79 Å². The maximum atomic E-state index is 11.5. The summed E-state index contributed by atoms with van der Waals surface area (Å²) in [5, 5.41) is 2.53. The Kier molecular flexibility index (Phi) is 4.25. The summed E-state index contributed by atoms with van der Waals surface area (Å²) >= 11 is 3.32. The second-order valence-electron chi connectivity index (χ2n) is 3.36. The molecule has 0 fully saturated rings. The van der Waals surface area contributed by atoms with Crippen molar-refractivity contribution in [3.8, 4) is 5.75 Å². The number of aromatic nitrogens is 2. The molecule has 0 saturated heterocycles. The molecule has 0 unspecified atom stereocenters. The Bertz CT molecular complexity index is 517. The van der Waals surface area contributed by atoms with Crippen LogP contribution in [0.3, 0.4) is 0 Å². The molecule has 18 heavy (non-hydrogen) atoms. The first-order valence-corrected chi connectivity index (χ1v) is 5.98. The van der Waals surface area contributed by atoms with Crippen molar-refractivity contribution >= 4 is 27.8 Å². The molecule has 0 bridgehead atoms. The van der Waals surface area contributed by atoms with Crippen molar-refractivity contribution in [2.24, 2.45) is 0 Å². The molecule has 1 amide bonds. The molecule has 0 aliphatic heterocycles.